The Hall–Kier alpha value is -3.62. The van der Waals surface area contributed by atoms with Gasteiger partial charge in [-0.05, 0) is 6.92 Å². The van der Waals surface area contributed by atoms with E-state index in [-0.39, 0.29) is 86.6 Å². The van der Waals surface area contributed by atoms with Gasteiger partial charge in [-0.15, -0.1) is 13.2 Å². The molecule has 1 aliphatic heterocycles. The van der Waals surface area contributed by atoms with Gasteiger partial charge in [0.2, 0.25) is 11.8 Å². The average Bonchev–Trinajstić information content (AvgIpc) is 3.71. The molecule has 6 N–H and O–H groups in total. The number of nitrogen functional groups attached to an aromatic ring is 1. The Kier molecular flexibility index (Phi) is 25.6. The molecule has 0 bridgehead atoms. The molecule has 1 saturated heterocycles. The number of amides is 2. The van der Waals surface area contributed by atoms with Gasteiger partial charge in [0.15, 0.2) is 22.8 Å². The van der Waals surface area contributed by atoms with Gasteiger partial charge >= 0.3 is 0 Å². The molecule has 0 spiro atoms. The Bertz CT molecular complexity index is 2070. The van der Waals surface area contributed by atoms with Crippen LogP contribution in [0.25, 0.3) is 11.2 Å². The van der Waals surface area contributed by atoms with Gasteiger partial charge in [-0.1, -0.05) is 52.6 Å². The number of anilines is 1. The molecular weight excluding hydrogens is 935 g/mol. The smallest absolute Gasteiger partial charge is 0.274 e. The molecular formula is C34H54N7O19P3S-4. The molecule has 0 radical (unpaired) electrons. The number of phosphoric ester groups is 3. The molecule has 0 aromatic carbocycles. The SMILES string of the molecule is C.C.C=CCC(=O)CC(=O)SCCNC(=O)CCNC(=O)C(O)C(C)(C)COP(=O)([O-])OP(=O)([O-])OCC1OC(n2cnc3c(N)ncnc32)C(O)C1OP(=O)([O-])[O-].C=CCC(C)=O. The van der Waals surface area contributed by atoms with Crippen molar-refractivity contribution in [3.63, 3.8) is 0 Å². The van der Waals surface area contributed by atoms with Crippen LogP contribution in [0.5, 0.6) is 0 Å². The van der Waals surface area contributed by atoms with Gasteiger partial charge in [0.25, 0.3) is 15.6 Å². The number of hydrogen-bond acceptors (Lipinski definition) is 24. The summed E-state index contributed by atoms with van der Waals surface area (Å²) in [5.41, 5.74) is 4.02. The molecule has 3 heterocycles. The van der Waals surface area contributed by atoms with Gasteiger partial charge in [0, 0.05) is 43.5 Å². The monoisotopic (exact) mass is 989 g/mol. The summed E-state index contributed by atoms with van der Waals surface area (Å²) in [4.78, 5) is 117. The van der Waals surface area contributed by atoms with E-state index in [2.05, 4.69) is 56.6 Å². The molecule has 7 unspecified atom stereocenters. The number of ketones is 2. The summed E-state index contributed by atoms with van der Waals surface area (Å²) in [5.74, 6) is -1.58. The molecule has 364 valence electrons. The number of aliphatic hydroxyl groups excluding tert-OH is 2. The summed E-state index contributed by atoms with van der Waals surface area (Å²) in [6.45, 7) is 8.20. The van der Waals surface area contributed by atoms with Gasteiger partial charge in [-0.25, -0.2) is 19.3 Å². The number of allylic oxidation sites excluding steroid dienone is 2. The normalized spacial score (nSPS) is 19.5. The molecule has 2 aromatic heterocycles. The number of aromatic nitrogens is 4. The van der Waals surface area contributed by atoms with E-state index in [1.54, 1.807) is 13.0 Å². The molecule has 64 heavy (non-hydrogen) atoms. The number of hydrogen-bond donors (Lipinski definition) is 5. The van der Waals surface area contributed by atoms with Gasteiger partial charge in [0.05, 0.1) is 33.8 Å². The van der Waals surface area contributed by atoms with Crippen molar-refractivity contribution in [3.8, 4) is 0 Å². The van der Waals surface area contributed by atoms with Crippen molar-refractivity contribution in [2.45, 2.75) is 92.0 Å². The minimum atomic E-state index is -5.93. The Balaban J connectivity index is 0.00000462. The van der Waals surface area contributed by atoms with Crippen LogP contribution < -0.4 is 35.9 Å². The summed E-state index contributed by atoms with van der Waals surface area (Å²) in [6.07, 6.45) is -4.44. The number of rotatable bonds is 25. The fourth-order valence-corrected chi connectivity index (χ4v) is 8.35. The highest BCUT2D eigenvalue weighted by Gasteiger charge is 2.47. The zero-order valence-electron chi connectivity index (χ0n) is 33.4. The Morgan fingerprint density at radius 1 is 1.02 bits per heavy atom. The van der Waals surface area contributed by atoms with E-state index in [1.807, 2.05) is 0 Å². The lowest BCUT2D eigenvalue weighted by molar-refractivity contribution is -0.347. The standard InChI is InChI=1S/C27H42N7O18P3S.C5H8O.2CH4/c1-4-5-15(35)10-18(37)56-9-8-29-17(36)6-7-30-25(40)22(39)27(2,3)12-49-55(46,47)52-54(44,45)48-11-16-21(51-53(41,42)43)20(38)26(50-16)34-14-33-19-23(28)31-13-32-24(19)34;1-3-4-5(2)6;;/h4,13-14,16,20-22,26,38-39H,1,5-12H2,2-3H3,(H,29,36)(H,30,40)(H,44,45)(H,46,47)(H2,28,31,32)(H2,41,42,43);3H,1,4H2,2H3;2*1H4/p-4. The number of phosphoric acid groups is 3. The summed E-state index contributed by atoms with van der Waals surface area (Å²) >= 11 is 0.858. The quantitative estimate of drug-likeness (QED) is 0.0348. The third-order valence-electron chi connectivity index (χ3n) is 7.89. The average molecular weight is 990 g/mol. The third kappa shape index (κ3) is 20.7. The Labute approximate surface area is 373 Å². The lowest BCUT2D eigenvalue weighted by atomic mass is 9.87. The number of ether oxygens (including phenoxy) is 1. The van der Waals surface area contributed by atoms with E-state index < -0.39 is 84.6 Å². The van der Waals surface area contributed by atoms with Crippen LogP contribution in [0.2, 0.25) is 0 Å². The first-order valence-corrected chi connectivity index (χ1v) is 23.3. The number of fused-ring (bicyclic) bond motifs is 1. The van der Waals surface area contributed by atoms with Crippen molar-refractivity contribution < 1.29 is 90.1 Å². The predicted molar refractivity (Wildman–Crippen MR) is 222 cm³/mol. The van der Waals surface area contributed by atoms with Crippen LogP contribution in [0.4, 0.5) is 5.82 Å². The number of nitrogens with zero attached hydrogens (tertiary/aromatic N) is 4. The van der Waals surface area contributed by atoms with E-state index in [0.29, 0.717) is 6.42 Å². The fraction of sp³-hybridized carbons (Fsp3) is 0.588. The molecule has 3 rings (SSSR count). The van der Waals surface area contributed by atoms with Crippen LogP contribution >= 0.6 is 35.2 Å². The number of carbonyl (C=O) groups is 5. The number of aliphatic hydroxyl groups is 2. The molecule has 26 nitrogen and oxygen atoms in total. The number of thioether (sulfide) groups is 1. The minimum Gasteiger partial charge on any atom is -0.790 e. The van der Waals surface area contributed by atoms with Crippen LogP contribution in [0, 0.1) is 5.41 Å². The van der Waals surface area contributed by atoms with Crippen molar-refractivity contribution in [2.24, 2.45) is 5.41 Å². The lowest BCUT2D eigenvalue weighted by Crippen LogP contribution is -2.46. The maximum absolute atomic E-state index is 12.5. The Morgan fingerprint density at radius 3 is 2.22 bits per heavy atom. The van der Waals surface area contributed by atoms with Gasteiger partial charge in [-0.2, -0.15) is 0 Å². The molecule has 2 amide bonds. The number of carbonyl (C=O) groups excluding carboxylic acids is 5. The van der Waals surface area contributed by atoms with Crippen molar-refractivity contribution in [1.29, 1.82) is 0 Å². The predicted octanol–water partition coefficient (Wildman–Crippen LogP) is -0.904. The topological polar surface area (TPSA) is 409 Å². The van der Waals surface area contributed by atoms with Crippen molar-refractivity contribution in [3.05, 3.63) is 38.0 Å². The maximum Gasteiger partial charge on any atom is 0.274 e. The van der Waals surface area contributed by atoms with E-state index >= 15 is 0 Å². The first kappa shape index (κ1) is 60.4. The first-order valence-electron chi connectivity index (χ1n) is 17.9. The number of nitrogens with two attached hydrogens (primary N) is 1. The summed E-state index contributed by atoms with van der Waals surface area (Å²) in [7, 11) is -17.6. The molecule has 0 aliphatic carbocycles. The zero-order chi connectivity index (χ0) is 47.1. The molecule has 30 heteroatoms. The zero-order valence-corrected chi connectivity index (χ0v) is 36.9. The van der Waals surface area contributed by atoms with Crippen LogP contribution in [-0.4, -0.2) is 115 Å². The second kappa shape index (κ2) is 27.1. The molecule has 1 aliphatic rings. The number of imidazole rings is 1. The highest BCUT2D eigenvalue weighted by Crippen LogP contribution is 2.56. The second-order valence-corrected chi connectivity index (χ2v) is 18.8. The minimum absolute atomic E-state index is 0. The fourth-order valence-electron chi connectivity index (χ4n) is 4.92. The first-order chi connectivity index (χ1) is 28.7. The largest absolute Gasteiger partial charge is 0.790 e. The van der Waals surface area contributed by atoms with Crippen LogP contribution in [0.1, 0.15) is 67.5 Å². The van der Waals surface area contributed by atoms with Gasteiger partial charge < -0.3 is 69.0 Å². The number of nitrogens with one attached hydrogen (secondary N) is 2. The van der Waals surface area contributed by atoms with E-state index in [0.717, 1.165) is 29.0 Å². The van der Waals surface area contributed by atoms with Crippen LogP contribution in [0.15, 0.2) is 38.0 Å². The van der Waals surface area contributed by atoms with Crippen molar-refractivity contribution in [2.75, 3.05) is 37.8 Å². The van der Waals surface area contributed by atoms with E-state index in [9.17, 15) is 67.5 Å². The van der Waals surface area contributed by atoms with E-state index in [4.69, 9.17) is 10.5 Å². The van der Waals surface area contributed by atoms with Crippen LogP contribution in [0.3, 0.4) is 0 Å². The van der Waals surface area contributed by atoms with Crippen molar-refractivity contribution >= 4 is 80.7 Å². The van der Waals surface area contributed by atoms with Crippen molar-refractivity contribution in [1.82, 2.24) is 30.2 Å². The van der Waals surface area contributed by atoms with Gasteiger partial charge in [0.1, 0.15) is 47.8 Å². The molecule has 0 saturated carbocycles. The summed E-state index contributed by atoms with van der Waals surface area (Å²) < 4.78 is 60.4. The molecule has 1 fully saturated rings. The molecule has 2 aromatic rings. The Morgan fingerprint density at radius 2 is 1.64 bits per heavy atom. The second-order valence-electron chi connectivity index (χ2n) is 13.6. The van der Waals surface area contributed by atoms with Crippen LogP contribution in [-0.2, 0) is 60.3 Å². The summed E-state index contributed by atoms with van der Waals surface area (Å²) in [5, 5.41) is 25.7. The van der Waals surface area contributed by atoms with E-state index in [1.165, 1.54) is 19.9 Å². The highest BCUT2D eigenvalue weighted by molar-refractivity contribution is 8.13. The maximum atomic E-state index is 12.5. The third-order valence-corrected chi connectivity index (χ3v) is 11.8. The lowest BCUT2D eigenvalue weighted by Gasteiger charge is -2.36. The highest BCUT2D eigenvalue weighted by atomic mass is 32.2. The number of Topliss-reactive ketones (excluding diaryl/α,β-unsaturated/α-hetero) is 2. The summed E-state index contributed by atoms with van der Waals surface area (Å²) in [6, 6.07) is 0. The van der Waals surface area contributed by atoms with Gasteiger partial charge in [-0.3, -0.25) is 37.7 Å². The molecule has 7 atom stereocenters.